The van der Waals surface area contributed by atoms with E-state index in [1.165, 1.54) is 0 Å². The molecule has 0 radical (unpaired) electrons. The quantitative estimate of drug-likeness (QED) is 0.513. The molecule has 1 amide bonds. The summed E-state index contributed by atoms with van der Waals surface area (Å²) in [6.07, 6.45) is 2.64. The molecular weight excluding hydrogens is 397 g/mol. The van der Waals surface area contributed by atoms with E-state index in [2.05, 4.69) is 22.6 Å². The van der Waals surface area contributed by atoms with E-state index in [0.717, 1.165) is 43.5 Å². The van der Waals surface area contributed by atoms with Crippen LogP contribution in [0.2, 0.25) is 0 Å². The Kier molecular flexibility index (Phi) is 6.36. The van der Waals surface area contributed by atoms with Gasteiger partial charge in [-0.3, -0.25) is 0 Å². The molecule has 6 heteroatoms. The van der Waals surface area contributed by atoms with Crippen molar-refractivity contribution in [3.05, 3.63) is 0 Å². The number of likely N-dealkylation sites (tertiary alicyclic amines) is 1. The Labute approximate surface area is 147 Å². The van der Waals surface area contributed by atoms with Crippen LogP contribution in [0.15, 0.2) is 0 Å². The first-order chi connectivity index (χ1) is 10.3. The summed E-state index contributed by atoms with van der Waals surface area (Å²) in [5, 5.41) is 0. The molecule has 2 saturated heterocycles. The van der Waals surface area contributed by atoms with Gasteiger partial charge in [-0.25, -0.2) is 4.79 Å². The summed E-state index contributed by atoms with van der Waals surface area (Å²) in [5.74, 6) is 0.531. The molecule has 5 nitrogen and oxygen atoms in total. The van der Waals surface area contributed by atoms with E-state index in [1.54, 1.807) is 4.90 Å². The van der Waals surface area contributed by atoms with Crippen LogP contribution in [0.1, 0.15) is 40.0 Å². The topological polar surface area (TPSA) is 48.0 Å². The van der Waals surface area contributed by atoms with Gasteiger partial charge in [-0.1, -0.05) is 22.6 Å². The maximum absolute atomic E-state index is 12.1. The number of alkyl halides is 1. The molecule has 128 valence electrons. The van der Waals surface area contributed by atoms with Gasteiger partial charge >= 0.3 is 6.09 Å². The van der Waals surface area contributed by atoms with Gasteiger partial charge in [-0.15, -0.1) is 0 Å². The Morgan fingerprint density at radius 1 is 1.36 bits per heavy atom. The Hall–Kier alpha value is -0.0800. The summed E-state index contributed by atoms with van der Waals surface area (Å²) in [7, 11) is 0. The van der Waals surface area contributed by atoms with Crippen molar-refractivity contribution in [3.8, 4) is 0 Å². The third-order valence-corrected chi connectivity index (χ3v) is 5.61. The summed E-state index contributed by atoms with van der Waals surface area (Å²) >= 11 is 2.40. The summed E-state index contributed by atoms with van der Waals surface area (Å²) in [6, 6.07) is 0. The summed E-state index contributed by atoms with van der Waals surface area (Å²) in [4.78, 5) is 13.9. The third-order valence-electron chi connectivity index (χ3n) is 4.22. The van der Waals surface area contributed by atoms with Crippen molar-refractivity contribution in [1.82, 2.24) is 4.90 Å². The highest BCUT2D eigenvalue weighted by atomic mass is 127. The van der Waals surface area contributed by atoms with Gasteiger partial charge in [0.15, 0.2) is 0 Å². The molecule has 0 N–H and O–H groups in total. The molecule has 22 heavy (non-hydrogen) atoms. The molecule has 2 aliphatic rings. The minimum Gasteiger partial charge on any atom is -0.444 e. The van der Waals surface area contributed by atoms with E-state index in [1.807, 2.05) is 20.8 Å². The fraction of sp³-hybridized carbons (Fsp3) is 0.938. The molecule has 0 spiro atoms. The van der Waals surface area contributed by atoms with Gasteiger partial charge < -0.3 is 19.1 Å². The fourth-order valence-electron chi connectivity index (χ4n) is 2.75. The SMILES string of the molecule is CC(C)(C)OC(=O)N1CCC(CI)(OCC2CCOC2)CC1. The lowest BCUT2D eigenvalue weighted by Gasteiger charge is -2.41. The van der Waals surface area contributed by atoms with Crippen LogP contribution >= 0.6 is 22.6 Å². The van der Waals surface area contributed by atoms with Crippen LogP contribution < -0.4 is 0 Å². The van der Waals surface area contributed by atoms with Gasteiger partial charge in [-0.2, -0.15) is 0 Å². The zero-order valence-electron chi connectivity index (χ0n) is 13.9. The maximum atomic E-state index is 12.1. The van der Waals surface area contributed by atoms with E-state index in [9.17, 15) is 4.79 Å². The molecule has 2 heterocycles. The highest BCUT2D eigenvalue weighted by Gasteiger charge is 2.37. The van der Waals surface area contributed by atoms with Crippen molar-refractivity contribution in [3.63, 3.8) is 0 Å². The number of nitrogens with zero attached hydrogens (tertiary/aromatic N) is 1. The summed E-state index contributed by atoms with van der Waals surface area (Å²) < 4.78 is 18.1. The van der Waals surface area contributed by atoms with Gasteiger partial charge in [0.1, 0.15) is 5.60 Å². The van der Waals surface area contributed by atoms with Crippen LogP contribution in [-0.4, -0.2) is 59.5 Å². The number of hydrogen-bond acceptors (Lipinski definition) is 4. The van der Waals surface area contributed by atoms with Crippen LogP contribution in [0.5, 0.6) is 0 Å². The third kappa shape index (κ3) is 5.23. The summed E-state index contributed by atoms with van der Waals surface area (Å²) in [6.45, 7) is 9.57. The van der Waals surface area contributed by atoms with Crippen molar-refractivity contribution in [1.29, 1.82) is 0 Å². The molecule has 0 saturated carbocycles. The molecule has 0 aliphatic carbocycles. The van der Waals surface area contributed by atoms with Gasteiger partial charge in [0, 0.05) is 30.0 Å². The normalized spacial score (nSPS) is 25.3. The average molecular weight is 425 g/mol. The largest absolute Gasteiger partial charge is 0.444 e. The first-order valence-corrected chi connectivity index (χ1v) is 9.62. The zero-order valence-corrected chi connectivity index (χ0v) is 16.1. The Morgan fingerprint density at radius 2 is 2.05 bits per heavy atom. The number of halogens is 1. The molecule has 0 aromatic heterocycles. The molecule has 0 aromatic rings. The fourth-order valence-corrected chi connectivity index (χ4v) is 3.73. The van der Waals surface area contributed by atoms with Crippen LogP contribution in [-0.2, 0) is 14.2 Å². The smallest absolute Gasteiger partial charge is 0.410 e. The molecule has 2 fully saturated rings. The van der Waals surface area contributed by atoms with E-state index in [0.29, 0.717) is 19.0 Å². The van der Waals surface area contributed by atoms with Crippen molar-refractivity contribution in [2.24, 2.45) is 5.92 Å². The van der Waals surface area contributed by atoms with Crippen LogP contribution in [0, 0.1) is 5.92 Å². The van der Waals surface area contributed by atoms with Crippen molar-refractivity contribution >= 4 is 28.7 Å². The number of hydrogen-bond donors (Lipinski definition) is 0. The number of carbonyl (C=O) groups is 1. The minimum atomic E-state index is -0.437. The molecule has 2 aliphatic heterocycles. The van der Waals surface area contributed by atoms with Crippen molar-refractivity contribution < 1.29 is 19.0 Å². The number of piperidine rings is 1. The first kappa shape index (κ1) is 18.3. The molecule has 1 unspecified atom stereocenters. The Bertz CT molecular complexity index is 369. The number of amides is 1. The van der Waals surface area contributed by atoms with E-state index in [-0.39, 0.29) is 11.7 Å². The minimum absolute atomic E-state index is 0.0956. The highest BCUT2D eigenvalue weighted by Crippen LogP contribution is 2.30. The van der Waals surface area contributed by atoms with Crippen LogP contribution in [0.25, 0.3) is 0 Å². The van der Waals surface area contributed by atoms with Crippen molar-refractivity contribution in [2.75, 3.05) is 37.3 Å². The predicted octanol–water partition coefficient (Wildman–Crippen LogP) is 3.24. The summed E-state index contributed by atoms with van der Waals surface area (Å²) in [5.41, 5.74) is -0.532. The standard InChI is InChI=1S/C16H28INO4/c1-15(2,3)22-14(19)18-7-5-16(12-17,6-8-18)21-11-13-4-9-20-10-13/h13H,4-12H2,1-3H3. The second-order valence-corrected chi connectivity index (χ2v) is 8.09. The first-order valence-electron chi connectivity index (χ1n) is 8.09. The van der Waals surface area contributed by atoms with Gasteiger partial charge in [0.05, 0.1) is 18.8 Å². The Balaban J connectivity index is 1.81. The van der Waals surface area contributed by atoms with E-state index < -0.39 is 5.60 Å². The van der Waals surface area contributed by atoms with E-state index in [4.69, 9.17) is 14.2 Å². The molecule has 2 rings (SSSR count). The average Bonchev–Trinajstić information content (AvgIpc) is 2.97. The number of ether oxygens (including phenoxy) is 3. The number of carbonyl (C=O) groups excluding carboxylic acids is 1. The predicted molar refractivity (Wildman–Crippen MR) is 93.5 cm³/mol. The second-order valence-electron chi connectivity index (χ2n) is 7.32. The van der Waals surface area contributed by atoms with Gasteiger partial charge in [0.25, 0.3) is 0 Å². The second kappa shape index (κ2) is 7.66. The molecule has 0 bridgehead atoms. The molecule has 0 aromatic carbocycles. The van der Waals surface area contributed by atoms with E-state index >= 15 is 0 Å². The lowest BCUT2D eigenvalue weighted by molar-refractivity contribution is -0.0790. The molecule has 1 atom stereocenters. The maximum Gasteiger partial charge on any atom is 0.410 e. The van der Waals surface area contributed by atoms with Gasteiger partial charge in [0.2, 0.25) is 0 Å². The monoisotopic (exact) mass is 425 g/mol. The lowest BCUT2D eigenvalue weighted by atomic mass is 9.93. The Morgan fingerprint density at radius 3 is 2.55 bits per heavy atom. The highest BCUT2D eigenvalue weighted by molar-refractivity contribution is 14.1. The zero-order chi connectivity index (χ0) is 16.2. The van der Waals surface area contributed by atoms with Crippen molar-refractivity contribution in [2.45, 2.75) is 51.2 Å². The van der Waals surface area contributed by atoms with Gasteiger partial charge in [-0.05, 0) is 40.0 Å². The number of rotatable bonds is 4. The lowest BCUT2D eigenvalue weighted by Crippen LogP contribution is -2.50. The van der Waals surface area contributed by atoms with Crippen LogP contribution in [0.4, 0.5) is 4.79 Å². The molecular formula is C16H28INO4. The van der Waals surface area contributed by atoms with Crippen LogP contribution in [0.3, 0.4) is 0 Å².